The highest BCUT2D eigenvalue weighted by atomic mass is 35.5. The number of halogens is 2. The van der Waals surface area contributed by atoms with Crippen molar-refractivity contribution in [3.8, 4) is 11.5 Å². The fourth-order valence-corrected chi connectivity index (χ4v) is 8.18. The van der Waals surface area contributed by atoms with Crippen LogP contribution in [-0.4, -0.2) is 68.1 Å². The average Bonchev–Trinajstić information content (AvgIpc) is 3.29. The molecular formula is C30H26Cl2N2O8. The number of para-hydroxylation sites is 1. The maximum absolute atomic E-state index is 14.0. The molecule has 2 saturated heterocycles. The number of phenolic OH excluding ortho intramolecular Hbond substituents is 1. The Morgan fingerprint density at radius 3 is 2.45 bits per heavy atom. The van der Waals surface area contributed by atoms with Crippen LogP contribution in [0.3, 0.4) is 0 Å². The molecule has 10 nitrogen and oxygen atoms in total. The van der Waals surface area contributed by atoms with Gasteiger partial charge in [-0.1, -0.05) is 29.8 Å². The Labute approximate surface area is 250 Å². The van der Waals surface area contributed by atoms with Crippen LogP contribution in [0.2, 0.25) is 0 Å². The van der Waals surface area contributed by atoms with Gasteiger partial charge in [0.05, 0.1) is 29.7 Å². The quantitative estimate of drug-likeness (QED) is 0.296. The van der Waals surface area contributed by atoms with Gasteiger partial charge < -0.3 is 14.9 Å². The van der Waals surface area contributed by atoms with Crippen molar-refractivity contribution in [3.63, 3.8) is 0 Å². The molecule has 6 atom stereocenters. The molecule has 3 fully saturated rings. The number of aromatic carboxylic acids is 1. The minimum Gasteiger partial charge on any atom is -0.504 e. The second kappa shape index (κ2) is 9.57. The van der Waals surface area contributed by atoms with Gasteiger partial charge in [-0.3, -0.25) is 29.0 Å². The summed E-state index contributed by atoms with van der Waals surface area (Å²) >= 11 is 14.3. The lowest BCUT2D eigenvalue weighted by Gasteiger charge is -2.50. The van der Waals surface area contributed by atoms with Crippen molar-refractivity contribution >= 4 is 58.5 Å². The van der Waals surface area contributed by atoms with Gasteiger partial charge >= 0.3 is 5.97 Å². The molecule has 0 aromatic heterocycles. The van der Waals surface area contributed by atoms with Gasteiger partial charge in [-0.25, -0.2) is 4.79 Å². The summed E-state index contributed by atoms with van der Waals surface area (Å²) in [5.74, 6) is -7.58. The first-order chi connectivity index (χ1) is 19.9. The number of carboxylic acid groups (broad SMARTS) is 1. The molecule has 42 heavy (non-hydrogen) atoms. The van der Waals surface area contributed by atoms with E-state index >= 15 is 0 Å². The lowest BCUT2D eigenvalue weighted by atomic mass is 9.56. The summed E-state index contributed by atoms with van der Waals surface area (Å²) in [4.78, 5) is 64.4. The maximum atomic E-state index is 14.0. The number of hydrogen-bond acceptors (Lipinski definition) is 7. The van der Waals surface area contributed by atoms with Crippen molar-refractivity contribution in [1.82, 2.24) is 4.90 Å². The molecule has 218 valence electrons. The number of likely N-dealkylation sites (tertiary alicyclic amines) is 1. The Morgan fingerprint density at radius 2 is 1.76 bits per heavy atom. The highest BCUT2D eigenvalue weighted by Gasteiger charge is 2.76. The van der Waals surface area contributed by atoms with E-state index in [0.717, 1.165) is 9.80 Å². The van der Waals surface area contributed by atoms with Crippen LogP contribution < -0.4 is 9.64 Å². The van der Waals surface area contributed by atoms with Crippen molar-refractivity contribution in [1.29, 1.82) is 0 Å². The monoisotopic (exact) mass is 612 g/mol. The van der Waals surface area contributed by atoms with E-state index in [1.54, 1.807) is 31.2 Å². The second-order valence-electron chi connectivity index (χ2n) is 11.0. The van der Waals surface area contributed by atoms with Crippen LogP contribution in [0.4, 0.5) is 5.69 Å². The first kappa shape index (κ1) is 28.2. The maximum Gasteiger partial charge on any atom is 0.335 e. The Balaban J connectivity index is 1.51. The van der Waals surface area contributed by atoms with Gasteiger partial charge in [-0.15, -0.1) is 23.2 Å². The van der Waals surface area contributed by atoms with Crippen LogP contribution in [0.1, 0.15) is 41.6 Å². The molecule has 0 radical (unpaired) electrons. The van der Waals surface area contributed by atoms with E-state index in [-0.39, 0.29) is 47.8 Å². The van der Waals surface area contributed by atoms with E-state index in [2.05, 4.69) is 0 Å². The third kappa shape index (κ3) is 3.54. The molecule has 0 spiro atoms. The Morgan fingerprint density at radius 1 is 1.05 bits per heavy atom. The van der Waals surface area contributed by atoms with Crippen LogP contribution in [0.5, 0.6) is 11.5 Å². The molecule has 2 aromatic carbocycles. The number of carboxylic acids is 1. The number of imide groups is 2. The predicted octanol–water partition coefficient (Wildman–Crippen LogP) is 3.68. The van der Waals surface area contributed by atoms with E-state index in [4.69, 9.17) is 27.9 Å². The van der Waals surface area contributed by atoms with Crippen LogP contribution in [0.15, 0.2) is 54.1 Å². The highest BCUT2D eigenvalue weighted by Crippen LogP contribution is 2.66. The van der Waals surface area contributed by atoms with Crippen LogP contribution >= 0.6 is 23.2 Å². The standard InChI is InChI=1S/C30H26Cl2N2O8/c1-3-42-20-9-5-8-18(23(20)35)22-16-10-11-17-21(19(16)13-29(31)27(40)33(2)28(41)30(22,29)32)25(37)34(24(17)36)15-7-4-6-14(12-15)26(38)39/h4-10,12,17,19,21-22,35H,3,11,13H2,1-2H3,(H,38,39). The summed E-state index contributed by atoms with van der Waals surface area (Å²) in [7, 11) is 1.28. The zero-order valence-corrected chi connectivity index (χ0v) is 24.1. The number of amides is 4. The van der Waals surface area contributed by atoms with Gasteiger partial charge in [0.25, 0.3) is 11.8 Å². The van der Waals surface area contributed by atoms with Crippen LogP contribution in [-0.2, 0) is 19.2 Å². The lowest BCUT2D eigenvalue weighted by Crippen LogP contribution is -2.60. The van der Waals surface area contributed by atoms with E-state index < -0.39 is 63.0 Å². The molecule has 2 heterocycles. The molecule has 0 bridgehead atoms. The van der Waals surface area contributed by atoms with Gasteiger partial charge in [0.2, 0.25) is 11.8 Å². The Bertz CT molecular complexity index is 1620. The fraction of sp³-hybridized carbons (Fsp3) is 0.367. The zero-order valence-electron chi connectivity index (χ0n) is 22.5. The average molecular weight is 613 g/mol. The molecular weight excluding hydrogens is 587 g/mol. The first-order valence-corrected chi connectivity index (χ1v) is 14.2. The minimum atomic E-state index is -2.04. The van der Waals surface area contributed by atoms with Crippen molar-refractivity contribution in [2.24, 2.45) is 17.8 Å². The summed E-state index contributed by atoms with van der Waals surface area (Å²) in [6, 6.07) is 10.3. The summed E-state index contributed by atoms with van der Waals surface area (Å²) in [5, 5.41) is 20.7. The van der Waals surface area contributed by atoms with Gasteiger partial charge in [0, 0.05) is 18.5 Å². The third-order valence-electron chi connectivity index (χ3n) is 9.01. The zero-order chi connectivity index (χ0) is 30.3. The molecule has 2 aromatic rings. The van der Waals surface area contributed by atoms with Gasteiger partial charge in [-0.05, 0) is 49.9 Å². The number of aromatic hydroxyl groups is 1. The topological polar surface area (TPSA) is 142 Å². The largest absolute Gasteiger partial charge is 0.504 e. The summed E-state index contributed by atoms with van der Waals surface area (Å²) < 4.78 is 5.58. The number of rotatable bonds is 5. The van der Waals surface area contributed by atoms with Crippen molar-refractivity contribution in [2.45, 2.75) is 35.4 Å². The number of allylic oxidation sites excluding steroid dienone is 2. The molecule has 4 aliphatic rings. The van der Waals surface area contributed by atoms with E-state index in [9.17, 15) is 34.2 Å². The number of benzene rings is 2. The van der Waals surface area contributed by atoms with Gasteiger partial charge in [0.15, 0.2) is 21.2 Å². The Kier molecular flexibility index (Phi) is 6.43. The van der Waals surface area contributed by atoms with Crippen molar-refractivity contribution in [3.05, 3.63) is 65.2 Å². The number of phenols is 1. The number of alkyl halides is 2. The number of hydrogen-bond donors (Lipinski definition) is 2. The number of carbonyl (C=O) groups excluding carboxylic acids is 4. The molecule has 2 aliphatic heterocycles. The highest BCUT2D eigenvalue weighted by molar-refractivity contribution is 6.53. The van der Waals surface area contributed by atoms with E-state index in [1.165, 1.54) is 31.3 Å². The molecule has 1 saturated carbocycles. The predicted molar refractivity (Wildman–Crippen MR) is 151 cm³/mol. The smallest absolute Gasteiger partial charge is 0.335 e. The number of carbonyl (C=O) groups is 5. The molecule has 6 rings (SSSR count). The minimum absolute atomic E-state index is 0.0890. The number of fused-ring (bicyclic) bond motifs is 4. The van der Waals surface area contributed by atoms with E-state index in [1.807, 2.05) is 0 Å². The SMILES string of the molecule is CCOc1cccc(C2C3=CCC4C(=O)N(c5cccc(C(=O)O)c5)C(=O)C4C3CC3(Cl)C(=O)N(C)C(=O)C23Cl)c1O. The Hall–Kier alpha value is -3.89. The van der Waals surface area contributed by atoms with Crippen molar-refractivity contribution < 1.29 is 38.9 Å². The lowest BCUT2D eigenvalue weighted by molar-refractivity contribution is -0.138. The summed E-state index contributed by atoms with van der Waals surface area (Å²) in [6.07, 6.45) is 1.67. The van der Waals surface area contributed by atoms with Crippen molar-refractivity contribution in [2.75, 3.05) is 18.6 Å². The van der Waals surface area contributed by atoms with Gasteiger partial charge in [-0.2, -0.15) is 0 Å². The molecule has 2 N–H and O–H groups in total. The second-order valence-corrected chi connectivity index (χ2v) is 12.2. The number of anilines is 1. The molecule has 6 unspecified atom stereocenters. The normalized spacial score (nSPS) is 32.0. The number of ether oxygens (including phenoxy) is 1. The first-order valence-electron chi connectivity index (χ1n) is 13.4. The molecule has 2 aliphatic carbocycles. The summed E-state index contributed by atoms with van der Waals surface area (Å²) in [6.45, 7) is 1.99. The fourth-order valence-electron chi connectivity index (χ4n) is 7.17. The molecule has 4 amide bonds. The molecule has 12 heteroatoms. The van der Waals surface area contributed by atoms with E-state index in [0.29, 0.717) is 5.57 Å². The third-order valence-corrected chi connectivity index (χ3v) is 10.4. The van der Waals surface area contributed by atoms with Gasteiger partial charge in [0.1, 0.15) is 0 Å². The van der Waals surface area contributed by atoms with Crippen LogP contribution in [0, 0.1) is 17.8 Å². The number of nitrogens with zero attached hydrogens (tertiary/aromatic N) is 2. The summed E-state index contributed by atoms with van der Waals surface area (Å²) in [5.41, 5.74) is 0.753. The van der Waals surface area contributed by atoms with Crippen LogP contribution in [0.25, 0.3) is 0 Å².